The second kappa shape index (κ2) is 7.58. The minimum Gasteiger partial charge on any atom is -0.476 e. The molecular formula is C19H18BrClN2O2. The molecule has 0 aliphatic heterocycles. The zero-order valence-electron chi connectivity index (χ0n) is 13.8. The fourth-order valence-electron chi connectivity index (χ4n) is 3.04. The summed E-state index contributed by atoms with van der Waals surface area (Å²) in [5.74, 6) is -0.340. The zero-order chi connectivity index (χ0) is 18.0. The molecule has 3 aromatic rings. The minimum absolute atomic E-state index is 0.0526. The van der Waals surface area contributed by atoms with E-state index in [0.717, 1.165) is 33.7 Å². The van der Waals surface area contributed by atoms with Crippen LogP contribution in [0.4, 0.5) is 0 Å². The summed E-state index contributed by atoms with van der Waals surface area (Å²) in [4.78, 5) is 16.0. The number of hydrogen-bond acceptors (Lipinski definition) is 2. The number of fused-ring (bicyclic) bond motifs is 1. The van der Waals surface area contributed by atoms with E-state index in [9.17, 15) is 9.90 Å². The average molecular weight is 422 g/mol. The van der Waals surface area contributed by atoms with Crippen LogP contribution in [-0.4, -0.2) is 20.6 Å². The van der Waals surface area contributed by atoms with Crippen LogP contribution in [0.5, 0.6) is 0 Å². The number of carboxylic acid groups (broad SMARTS) is 1. The number of carbonyl (C=O) groups is 1. The number of imidazole rings is 1. The molecule has 0 amide bonds. The molecule has 6 heteroatoms. The lowest BCUT2D eigenvalue weighted by Crippen LogP contribution is -2.13. The van der Waals surface area contributed by atoms with Crippen LogP contribution in [0, 0.1) is 0 Å². The molecule has 0 aliphatic carbocycles. The normalized spacial score (nSPS) is 11.2. The Bertz CT molecular complexity index is 931. The predicted octanol–water partition coefficient (Wildman–Crippen LogP) is 5.54. The number of unbranched alkanes of at least 4 members (excludes halogenated alkanes) is 1. The number of carboxylic acids is 1. The van der Waals surface area contributed by atoms with Crippen molar-refractivity contribution in [1.82, 2.24) is 9.55 Å². The van der Waals surface area contributed by atoms with E-state index in [1.165, 1.54) is 0 Å². The van der Waals surface area contributed by atoms with Crippen LogP contribution in [-0.2, 0) is 13.0 Å². The van der Waals surface area contributed by atoms with Gasteiger partial charge >= 0.3 is 5.97 Å². The van der Waals surface area contributed by atoms with Gasteiger partial charge in [0, 0.05) is 16.3 Å². The molecule has 3 rings (SSSR count). The van der Waals surface area contributed by atoms with Gasteiger partial charge in [-0.25, -0.2) is 9.78 Å². The number of aromatic carboxylic acids is 1. The molecule has 0 unspecified atom stereocenters. The molecule has 0 radical (unpaired) electrons. The van der Waals surface area contributed by atoms with Crippen LogP contribution in [0.3, 0.4) is 0 Å². The lowest BCUT2D eigenvalue weighted by molar-refractivity contribution is 0.0685. The van der Waals surface area contributed by atoms with E-state index in [4.69, 9.17) is 11.6 Å². The van der Waals surface area contributed by atoms with Crippen LogP contribution in [0.15, 0.2) is 40.9 Å². The third-order valence-corrected chi connectivity index (χ3v) is 5.15. The summed E-state index contributed by atoms with van der Waals surface area (Å²) < 4.78 is 2.72. The molecule has 25 heavy (non-hydrogen) atoms. The standard InChI is InChI=1S/C19H18BrClN2O2/c1-2-3-10-15-22-18(21)17(19(24)25)23(15)11-13-8-4-6-12-7-5-9-14(20)16(12)13/h4-9H,2-3,10-11H2,1H3,(H,24,25). The molecule has 0 saturated heterocycles. The van der Waals surface area contributed by atoms with Crippen molar-refractivity contribution in [2.75, 3.05) is 0 Å². The zero-order valence-corrected chi connectivity index (χ0v) is 16.1. The summed E-state index contributed by atoms with van der Waals surface area (Å²) in [7, 11) is 0. The molecule has 1 N–H and O–H groups in total. The van der Waals surface area contributed by atoms with Crippen LogP contribution < -0.4 is 0 Å². The van der Waals surface area contributed by atoms with Crippen molar-refractivity contribution in [3.63, 3.8) is 0 Å². The molecule has 0 aliphatic rings. The van der Waals surface area contributed by atoms with Crippen LogP contribution in [0.25, 0.3) is 10.8 Å². The van der Waals surface area contributed by atoms with E-state index in [1.807, 2.05) is 36.4 Å². The summed E-state index contributed by atoms with van der Waals surface area (Å²) in [6.45, 7) is 2.51. The van der Waals surface area contributed by atoms with E-state index >= 15 is 0 Å². The number of hydrogen-bond donors (Lipinski definition) is 1. The van der Waals surface area contributed by atoms with Gasteiger partial charge in [-0.1, -0.05) is 71.2 Å². The van der Waals surface area contributed by atoms with Crippen molar-refractivity contribution in [3.8, 4) is 0 Å². The average Bonchev–Trinajstić information content (AvgIpc) is 2.88. The van der Waals surface area contributed by atoms with Gasteiger partial charge in [0.05, 0.1) is 6.54 Å². The Morgan fingerprint density at radius 3 is 2.68 bits per heavy atom. The van der Waals surface area contributed by atoms with Gasteiger partial charge in [-0.3, -0.25) is 0 Å². The number of nitrogens with zero attached hydrogens (tertiary/aromatic N) is 2. The molecule has 1 heterocycles. The molecule has 0 atom stereocenters. The summed E-state index contributed by atoms with van der Waals surface area (Å²) >= 11 is 9.72. The third kappa shape index (κ3) is 3.58. The lowest BCUT2D eigenvalue weighted by Gasteiger charge is -2.13. The predicted molar refractivity (Wildman–Crippen MR) is 104 cm³/mol. The van der Waals surface area contributed by atoms with E-state index in [2.05, 4.69) is 27.8 Å². The second-order valence-electron chi connectivity index (χ2n) is 5.92. The first-order valence-corrected chi connectivity index (χ1v) is 9.34. The van der Waals surface area contributed by atoms with Crippen molar-refractivity contribution in [2.45, 2.75) is 32.7 Å². The Hall–Kier alpha value is -1.85. The lowest BCUT2D eigenvalue weighted by atomic mass is 10.0. The molecule has 0 fully saturated rings. The number of benzene rings is 2. The maximum absolute atomic E-state index is 11.7. The van der Waals surface area contributed by atoms with Gasteiger partial charge in [-0.15, -0.1) is 0 Å². The van der Waals surface area contributed by atoms with E-state index in [-0.39, 0.29) is 10.8 Å². The molecule has 2 aromatic carbocycles. The molecule has 1 aromatic heterocycles. The Balaban J connectivity index is 2.13. The van der Waals surface area contributed by atoms with Crippen LogP contribution in [0.1, 0.15) is 41.6 Å². The summed E-state index contributed by atoms with van der Waals surface area (Å²) in [6, 6.07) is 12.1. The smallest absolute Gasteiger partial charge is 0.355 e. The number of aromatic nitrogens is 2. The number of rotatable bonds is 6. The van der Waals surface area contributed by atoms with Crippen molar-refractivity contribution in [1.29, 1.82) is 0 Å². The molecule has 0 saturated carbocycles. The van der Waals surface area contributed by atoms with Gasteiger partial charge in [-0.05, 0) is 23.4 Å². The first-order chi connectivity index (χ1) is 12.0. The number of halogens is 2. The highest BCUT2D eigenvalue weighted by molar-refractivity contribution is 9.10. The Morgan fingerprint density at radius 1 is 1.28 bits per heavy atom. The van der Waals surface area contributed by atoms with Gasteiger partial charge in [0.2, 0.25) is 0 Å². The summed E-state index contributed by atoms with van der Waals surface area (Å²) in [5, 5.41) is 11.8. The summed E-state index contributed by atoms with van der Waals surface area (Å²) in [6.07, 6.45) is 2.65. The topological polar surface area (TPSA) is 55.1 Å². The highest BCUT2D eigenvalue weighted by Gasteiger charge is 2.22. The van der Waals surface area contributed by atoms with Crippen LogP contribution in [0.2, 0.25) is 5.15 Å². The van der Waals surface area contributed by atoms with E-state index < -0.39 is 5.97 Å². The fraction of sp³-hybridized carbons (Fsp3) is 0.263. The van der Waals surface area contributed by atoms with Gasteiger partial charge in [-0.2, -0.15) is 0 Å². The quantitative estimate of drug-likeness (QED) is 0.568. The molecule has 0 spiro atoms. The van der Waals surface area contributed by atoms with Gasteiger partial charge in [0.1, 0.15) is 5.82 Å². The van der Waals surface area contributed by atoms with E-state index in [0.29, 0.717) is 18.8 Å². The molecule has 130 valence electrons. The maximum Gasteiger partial charge on any atom is 0.355 e. The minimum atomic E-state index is -1.06. The SMILES string of the molecule is CCCCc1nc(Cl)c(C(=O)O)n1Cc1cccc2cccc(Br)c12. The Morgan fingerprint density at radius 2 is 2.00 bits per heavy atom. The highest BCUT2D eigenvalue weighted by atomic mass is 79.9. The third-order valence-electron chi connectivity index (χ3n) is 4.23. The van der Waals surface area contributed by atoms with Crippen LogP contribution >= 0.6 is 27.5 Å². The van der Waals surface area contributed by atoms with Crippen molar-refractivity contribution in [3.05, 3.63) is 63.1 Å². The molecule has 0 bridgehead atoms. The largest absolute Gasteiger partial charge is 0.476 e. The summed E-state index contributed by atoms with van der Waals surface area (Å²) in [5.41, 5.74) is 1.08. The van der Waals surface area contributed by atoms with Crippen molar-refractivity contribution >= 4 is 44.3 Å². The van der Waals surface area contributed by atoms with Crippen molar-refractivity contribution in [2.24, 2.45) is 0 Å². The maximum atomic E-state index is 11.7. The highest BCUT2D eigenvalue weighted by Crippen LogP contribution is 2.29. The monoisotopic (exact) mass is 420 g/mol. The van der Waals surface area contributed by atoms with E-state index in [1.54, 1.807) is 4.57 Å². The first-order valence-electron chi connectivity index (χ1n) is 8.17. The Kier molecular flexibility index (Phi) is 5.45. The van der Waals surface area contributed by atoms with Gasteiger partial charge in [0.25, 0.3) is 0 Å². The van der Waals surface area contributed by atoms with Crippen molar-refractivity contribution < 1.29 is 9.90 Å². The van der Waals surface area contributed by atoms with Gasteiger partial charge in [0.15, 0.2) is 10.8 Å². The molecular weight excluding hydrogens is 404 g/mol. The number of aryl methyl sites for hydroxylation is 1. The van der Waals surface area contributed by atoms with Gasteiger partial charge < -0.3 is 9.67 Å². The Labute approximate surface area is 159 Å². The first kappa shape index (κ1) is 18.0. The second-order valence-corrected chi connectivity index (χ2v) is 7.13. The fourth-order valence-corrected chi connectivity index (χ4v) is 3.96. The molecule has 4 nitrogen and oxygen atoms in total.